The first-order valence-electron chi connectivity index (χ1n) is 4.61. The molecule has 1 aliphatic carbocycles. The van der Waals surface area contributed by atoms with Gasteiger partial charge in [-0.1, -0.05) is 27.7 Å². The minimum absolute atomic E-state index is 0.0424. The molecule has 0 aromatic rings. The number of hydrogen-bond acceptors (Lipinski definition) is 1. The average Bonchev–Trinajstić information content (AvgIpc) is 2.11. The largest absolute Gasteiger partial charge is 0.393 e. The predicted molar refractivity (Wildman–Crippen MR) is 47.3 cm³/mol. The van der Waals surface area contributed by atoms with E-state index in [9.17, 15) is 5.11 Å². The molecule has 0 heterocycles. The van der Waals surface area contributed by atoms with Crippen LogP contribution in [0, 0.1) is 17.3 Å². The van der Waals surface area contributed by atoms with Crippen LogP contribution in [0.4, 0.5) is 0 Å². The molecular formula is C10H20O. The van der Waals surface area contributed by atoms with E-state index in [4.69, 9.17) is 0 Å². The first kappa shape index (κ1) is 9.05. The Hall–Kier alpha value is -0.0400. The van der Waals surface area contributed by atoms with Gasteiger partial charge in [0.25, 0.3) is 0 Å². The molecular weight excluding hydrogens is 136 g/mol. The van der Waals surface area contributed by atoms with Crippen molar-refractivity contribution in [3.63, 3.8) is 0 Å². The summed E-state index contributed by atoms with van der Waals surface area (Å²) in [5.41, 5.74) is 0.372. The first-order valence-corrected chi connectivity index (χ1v) is 4.61. The molecule has 1 fully saturated rings. The molecule has 0 radical (unpaired) electrons. The Morgan fingerprint density at radius 2 is 1.73 bits per heavy atom. The number of aliphatic hydroxyl groups is 1. The van der Waals surface area contributed by atoms with Crippen LogP contribution in [0.15, 0.2) is 0 Å². The molecule has 3 atom stereocenters. The van der Waals surface area contributed by atoms with Gasteiger partial charge in [0.15, 0.2) is 0 Å². The van der Waals surface area contributed by atoms with E-state index >= 15 is 0 Å². The molecule has 66 valence electrons. The normalized spacial score (nSPS) is 39.5. The summed E-state index contributed by atoms with van der Waals surface area (Å²) < 4.78 is 0. The predicted octanol–water partition coefficient (Wildman–Crippen LogP) is 2.44. The second-order valence-corrected chi connectivity index (χ2v) is 4.98. The SMILES string of the molecule is C[C@@H]1[C@H](C(C)(C)C)CC[C@@H]1O. The Morgan fingerprint density at radius 1 is 1.18 bits per heavy atom. The maximum atomic E-state index is 9.53. The fraction of sp³-hybridized carbons (Fsp3) is 1.00. The Morgan fingerprint density at radius 3 is 1.91 bits per heavy atom. The summed E-state index contributed by atoms with van der Waals surface area (Å²) >= 11 is 0. The summed E-state index contributed by atoms with van der Waals surface area (Å²) in [6.07, 6.45) is 2.16. The van der Waals surface area contributed by atoms with Gasteiger partial charge in [0.1, 0.15) is 0 Å². The van der Waals surface area contributed by atoms with Crippen molar-refractivity contribution in [1.82, 2.24) is 0 Å². The maximum Gasteiger partial charge on any atom is 0.0568 e. The Labute approximate surface area is 69.8 Å². The van der Waals surface area contributed by atoms with E-state index in [2.05, 4.69) is 27.7 Å². The van der Waals surface area contributed by atoms with E-state index in [0.717, 1.165) is 6.42 Å². The van der Waals surface area contributed by atoms with Gasteiger partial charge in [-0.15, -0.1) is 0 Å². The van der Waals surface area contributed by atoms with Crippen molar-refractivity contribution in [2.45, 2.75) is 46.6 Å². The van der Waals surface area contributed by atoms with Crippen molar-refractivity contribution < 1.29 is 5.11 Å². The molecule has 1 rings (SSSR count). The topological polar surface area (TPSA) is 20.2 Å². The molecule has 1 saturated carbocycles. The molecule has 0 saturated heterocycles. The van der Waals surface area contributed by atoms with Crippen molar-refractivity contribution in [3.05, 3.63) is 0 Å². The van der Waals surface area contributed by atoms with Gasteiger partial charge in [-0.05, 0) is 30.1 Å². The minimum atomic E-state index is -0.0424. The minimum Gasteiger partial charge on any atom is -0.393 e. The lowest BCUT2D eigenvalue weighted by Gasteiger charge is -2.31. The number of aliphatic hydroxyl groups excluding tert-OH is 1. The number of rotatable bonds is 0. The first-order chi connectivity index (χ1) is 4.93. The molecule has 1 aliphatic rings. The summed E-state index contributed by atoms with van der Waals surface area (Å²) in [5, 5.41) is 9.53. The summed E-state index contributed by atoms with van der Waals surface area (Å²) in [7, 11) is 0. The Bertz CT molecular complexity index is 134. The van der Waals surface area contributed by atoms with E-state index in [1.807, 2.05) is 0 Å². The van der Waals surface area contributed by atoms with Crippen LogP contribution < -0.4 is 0 Å². The molecule has 1 heteroatoms. The highest BCUT2D eigenvalue weighted by Crippen LogP contribution is 2.43. The molecule has 0 spiro atoms. The van der Waals surface area contributed by atoms with Crippen LogP contribution in [0.3, 0.4) is 0 Å². The lowest BCUT2D eigenvalue weighted by Crippen LogP contribution is -2.26. The van der Waals surface area contributed by atoms with Gasteiger partial charge in [-0.3, -0.25) is 0 Å². The smallest absolute Gasteiger partial charge is 0.0568 e. The van der Waals surface area contributed by atoms with Crippen LogP contribution >= 0.6 is 0 Å². The van der Waals surface area contributed by atoms with E-state index < -0.39 is 0 Å². The molecule has 0 aliphatic heterocycles. The van der Waals surface area contributed by atoms with Gasteiger partial charge < -0.3 is 5.11 Å². The monoisotopic (exact) mass is 156 g/mol. The van der Waals surface area contributed by atoms with E-state index in [-0.39, 0.29) is 6.10 Å². The highest BCUT2D eigenvalue weighted by Gasteiger charge is 2.38. The van der Waals surface area contributed by atoms with Crippen LogP contribution in [0.25, 0.3) is 0 Å². The fourth-order valence-corrected chi connectivity index (χ4v) is 2.37. The number of hydrogen-bond donors (Lipinski definition) is 1. The molecule has 0 unspecified atom stereocenters. The van der Waals surface area contributed by atoms with Gasteiger partial charge in [0, 0.05) is 0 Å². The van der Waals surface area contributed by atoms with E-state index in [1.165, 1.54) is 6.42 Å². The van der Waals surface area contributed by atoms with E-state index in [1.54, 1.807) is 0 Å². The average molecular weight is 156 g/mol. The Balaban J connectivity index is 2.62. The summed E-state index contributed by atoms with van der Waals surface area (Å²) in [6.45, 7) is 8.98. The van der Waals surface area contributed by atoms with Gasteiger partial charge in [-0.25, -0.2) is 0 Å². The van der Waals surface area contributed by atoms with Gasteiger partial charge in [0.05, 0.1) is 6.10 Å². The van der Waals surface area contributed by atoms with Crippen molar-refractivity contribution in [2.75, 3.05) is 0 Å². The zero-order valence-electron chi connectivity index (χ0n) is 8.09. The van der Waals surface area contributed by atoms with Gasteiger partial charge >= 0.3 is 0 Å². The molecule has 0 aromatic carbocycles. The molecule has 1 N–H and O–H groups in total. The second kappa shape index (κ2) is 2.78. The summed E-state index contributed by atoms with van der Waals surface area (Å²) in [4.78, 5) is 0. The summed E-state index contributed by atoms with van der Waals surface area (Å²) in [5.74, 6) is 1.20. The third kappa shape index (κ3) is 1.76. The molecule has 0 amide bonds. The third-order valence-electron chi connectivity index (χ3n) is 3.13. The maximum absolute atomic E-state index is 9.53. The van der Waals surface area contributed by atoms with Crippen molar-refractivity contribution in [3.8, 4) is 0 Å². The Kier molecular flexibility index (Phi) is 2.29. The third-order valence-corrected chi connectivity index (χ3v) is 3.13. The van der Waals surface area contributed by atoms with Crippen molar-refractivity contribution >= 4 is 0 Å². The van der Waals surface area contributed by atoms with Crippen molar-refractivity contribution in [1.29, 1.82) is 0 Å². The standard InChI is InChI=1S/C10H20O/c1-7-8(10(2,3)4)5-6-9(7)11/h7-9,11H,5-6H2,1-4H3/t7-,8-,9+/m1/s1. The van der Waals surface area contributed by atoms with Crippen LogP contribution in [0.2, 0.25) is 0 Å². The highest BCUT2D eigenvalue weighted by atomic mass is 16.3. The summed E-state index contributed by atoms with van der Waals surface area (Å²) in [6, 6.07) is 0. The zero-order valence-corrected chi connectivity index (χ0v) is 8.09. The lowest BCUT2D eigenvalue weighted by atomic mass is 9.75. The van der Waals surface area contributed by atoms with Crippen LogP contribution in [0.5, 0.6) is 0 Å². The fourth-order valence-electron chi connectivity index (χ4n) is 2.37. The quantitative estimate of drug-likeness (QED) is 0.571. The molecule has 0 bridgehead atoms. The van der Waals surface area contributed by atoms with Crippen LogP contribution in [-0.4, -0.2) is 11.2 Å². The molecule has 1 nitrogen and oxygen atoms in total. The van der Waals surface area contributed by atoms with Crippen LogP contribution in [-0.2, 0) is 0 Å². The van der Waals surface area contributed by atoms with Gasteiger partial charge in [0.2, 0.25) is 0 Å². The van der Waals surface area contributed by atoms with E-state index in [0.29, 0.717) is 17.3 Å². The highest BCUT2D eigenvalue weighted by molar-refractivity contribution is 4.88. The zero-order chi connectivity index (χ0) is 8.65. The van der Waals surface area contributed by atoms with Crippen LogP contribution in [0.1, 0.15) is 40.5 Å². The molecule has 0 aromatic heterocycles. The molecule has 11 heavy (non-hydrogen) atoms. The second-order valence-electron chi connectivity index (χ2n) is 4.98. The van der Waals surface area contributed by atoms with Gasteiger partial charge in [-0.2, -0.15) is 0 Å². The lowest BCUT2D eigenvalue weighted by molar-refractivity contribution is 0.0958. The van der Waals surface area contributed by atoms with Crippen molar-refractivity contribution in [2.24, 2.45) is 17.3 Å².